The van der Waals surface area contributed by atoms with Gasteiger partial charge in [-0.3, -0.25) is 33.6 Å². The molecule has 8 amide bonds. The van der Waals surface area contributed by atoms with E-state index in [1.165, 1.54) is 18.7 Å². The maximum Gasteiger partial charge on any atom is 0.312 e. The molecular formula is C45H83N11O14S. The van der Waals surface area contributed by atoms with Crippen molar-refractivity contribution in [1.82, 2.24) is 37.2 Å². The fourth-order valence-electron chi connectivity index (χ4n) is 6.08. The first-order valence-electron chi connectivity index (χ1n) is 24.4. The number of nitrogens with one attached hydrogen (secondary N) is 7. The van der Waals surface area contributed by atoms with Gasteiger partial charge in [-0.05, 0) is 42.4 Å². The summed E-state index contributed by atoms with van der Waals surface area (Å²) in [4.78, 5) is 102. The molecule has 0 radical (unpaired) electrons. The number of azide groups is 1. The Kier molecular flexibility index (Phi) is 40.9. The molecule has 0 aliphatic carbocycles. The van der Waals surface area contributed by atoms with Crippen LogP contribution in [0.4, 0.5) is 4.79 Å². The van der Waals surface area contributed by atoms with Gasteiger partial charge in [0.05, 0.1) is 85.3 Å². The Hall–Kier alpha value is -4.82. The minimum absolute atomic E-state index is 0.0253. The molecule has 25 nitrogen and oxygen atoms in total. The van der Waals surface area contributed by atoms with Crippen LogP contribution < -0.4 is 43.0 Å². The van der Waals surface area contributed by atoms with Crippen LogP contribution in [-0.4, -0.2) is 188 Å². The van der Waals surface area contributed by atoms with Crippen molar-refractivity contribution >= 4 is 59.0 Å². The number of primary amides is 1. The monoisotopic (exact) mass is 1030 g/mol. The molecule has 0 aromatic rings. The molecule has 0 aromatic heterocycles. The first-order valence-corrected chi connectivity index (χ1v) is 25.4. The molecule has 0 spiro atoms. The molecule has 9 N–H and O–H groups in total. The number of nitrogens with two attached hydrogens (primary N) is 1. The van der Waals surface area contributed by atoms with Crippen LogP contribution in [-0.2, 0) is 62.0 Å². The Morgan fingerprint density at radius 1 is 0.577 bits per heavy atom. The van der Waals surface area contributed by atoms with Gasteiger partial charge in [0.1, 0.15) is 18.1 Å². The average Bonchev–Trinajstić information content (AvgIpc) is 3.32. The van der Waals surface area contributed by atoms with E-state index in [0.717, 1.165) is 0 Å². The predicted octanol–water partition coefficient (Wildman–Crippen LogP) is 0.764. The molecule has 0 rings (SSSR count). The lowest BCUT2D eigenvalue weighted by Gasteiger charge is -2.27. The smallest absolute Gasteiger partial charge is 0.312 e. The number of rotatable bonds is 46. The third kappa shape index (κ3) is 38.5. The minimum Gasteiger partial charge on any atom is -0.379 e. The van der Waals surface area contributed by atoms with Gasteiger partial charge in [-0.2, -0.15) is 11.8 Å². The summed E-state index contributed by atoms with van der Waals surface area (Å²) in [5, 5.41) is 22.5. The standard InChI is InChI=1S/C45H83N11O14S/c1-7-38(58)37(31-71-33(4)5)54-43(62)36(12-10-15-50-45(46)64)53-44(63)41(32(2)3)55-40(60)14-20-66-24-28-70-29-25-67-21-17-48-39(59)13-19-65-23-27-69-30-26-68-22-18-49-42(61)35(52-34(6)57)11-8-9-16-51-56-47/h32-33,35-37,41H,7-31H2,1-6H3,(H,48,59)(H,49,61)(H,52,57)(H,53,63)(H,54,62)(H,55,60)(H3,46,50,64). The fraction of sp³-hybridized carbons (Fsp3) is 0.822. The number of hydrogen-bond acceptors (Lipinski definition) is 16. The molecule has 0 aliphatic rings. The van der Waals surface area contributed by atoms with Gasteiger partial charge in [-0.15, -0.1) is 0 Å². The highest BCUT2D eigenvalue weighted by Crippen LogP contribution is 2.13. The Labute approximate surface area is 422 Å². The van der Waals surface area contributed by atoms with E-state index in [1.807, 2.05) is 13.8 Å². The summed E-state index contributed by atoms with van der Waals surface area (Å²) < 4.78 is 32.8. The molecule has 26 heteroatoms. The van der Waals surface area contributed by atoms with Gasteiger partial charge in [-0.1, -0.05) is 46.2 Å². The van der Waals surface area contributed by atoms with Gasteiger partial charge in [0.15, 0.2) is 5.78 Å². The third-order valence-electron chi connectivity index (χ3n) is 9.82. The molecule has 408 valence electrons. The van der Waals surface area contributed by atoms with Crippen molar-refractivity contribution in [3.8, 4) is 0 Å². The number of carbonyl (C=O) groups is 8. The third-order valence-corrected chi connectivity index (χ3v) is 11.0. The zero-order valence-corrected chi connectivity index (χ0v) is 43.5. The number of thioether (sulfide) groups is 1. The Bertz CT molecular complexity index is 1590. The van der Waals surface area contributed by atoms with Crippen LogP contribution in [0.2, 0.25) is 0 Å². The van der Waals surface area contributed by atoms with Gasteiger partial charge in [0.25, 0.3) is 0 Å². The number of unbranched alkanes of at least 4 members (excludes halogenated alkanes) is 1. The van der Waals surface area contributed by atoms with E-state index in [2.05, 4.69) is 47.2 Å². The maximum atomic E-state index is 13.5. The SMILES string of the molecule is CCC(=O)C(CSC(C)C)NC(=O)C(CCCNC(N)=O)NC(=O)C(NC(=O)CCOCCOCCOCCNC(=O)CCOCCOCCOCCNC(=O)C(CCCCN=[N+]=[N-])NC(C)=O)C(C)C. The maximum absolute atomic E-state index is 13.5. The lowest BCUT2D eigenvalue weighted by atomic mass is 10.0. The molecule has 0 bridgehead atoms. The van der Waals surface area contributed by atoms with E-state index in [1.54, 1.807) is 20.8 Å². The van der Waals surface area contributed by atoms with E-state index in [0.29, 0.717) is 90.8 Å². The van der Waals surface area contributed by atoms with Crippen molar-refractivity contribution in [3.05, 3.63) is 10.4 Å². The number of nitrogens with zero attached hydrogens (tertiary/aromatic N) is 3. The summed E-state index contributed by atoms with van der Waals surface area (Å²) in [7, 11) is 0. The van der Waals surface area contributed by atoms with Crippen molar-refractivity contribution in [1.29, 1.82) is 0 Å². The summed E-state index contributed by atoms with van der Waals surface area (Å²) in [5.41, 5.74) is 13.5. The molecule has 0 fully saturated rings. The second-order valence-corrected chi connectivity index (χ2v) is 18.2. The molecule has 0 saturated carbocycles. The van der Waals surface area contributed by atoms with Gasteiger partial charge in [-0.25, -0.2) is 4.79 Å². The van der Waals surface area contributed by atoms with Gasteiger partial charge in [0.2, 0.25) is 35.4 Å². The van der Waals surface area contributed by atoms with E-state index < -0.39 is 47.9 Å². The quantitative estimate of drug-likeness (QED) is 0.0181. The van der Waals surface area contributed by atoms with Crippen molar-refractivity contribution in [3.63, 3.8) is 0 Å². The van der Waals surface area contributed by atoms with Crippen LogP contribution in [0.1, 0.15) is 92.9 Å². The van der Waals surface area contributed by atoms with E-state index >= 15 is 0 Å². The van der Waals surface area contributed by atoms with Crippen molar-refractivity contribution < 1.29 is 66.8 Å². The van der Waals surface area contributed by atoms with Crippen LogP contribution in [0, 0.1) is 5.92 Å². The molecule has 0 aliphatic heterocycles. The van der Waals surface area contributed by atoms with Gasteiger partial charge in [0, 0.05) is 63.0 Å². The molecule has 0 aromatic carbocycles. The molecule has 0 heterocycles. The van der Waals surface area contributed by atoms with E-state index in [4.69, 9.17) is 39.7 Å². The summed E-state index contributed by atoms with van der Waals surface area (Å²) >= 11 is 1.53. The number of urea groups is 1. The average molecular weight is 1030 g/mol. The largest absolute Gasteiger partial charge is 0.379 e. The van der Waals surface area contributed by atoms with Gasteiger partial charge < -0.3 is 71.4 Å². The van der Waals surface area contributed by atoms with Crippen LogP contribution >= 0.6 is 11.8 Å². The number of carbonyl (C=O) groups excluding carboxylic acids is 8. The lowest BCUT2D eigenvalue weighted by Crippen LogP contribution is -2.57. The van der Waals surface area contributed by atoms with E-state index in [9.17, 15) is 38.4 Å². The highest BCUT2D eigenvalue weighted by molar-refractivity contribution is 7.99. The number of ketones is 1. The molecular weight excluding hydrogens is 951 g/mol. The first-order chi connectivity index (χ1) is 34.0. The number of Topliss-reactive ketones (excluding diaryl/α,β-unsaturated/α-hetero) is 1. The molecule has 4 atom stereocenters. The zero-order chi connectivity index (χ0) is 53.1. The number of amides is 8. The van der Waals surface area contributed by atoms with Crippen LogP contribution in [0.25, 0.3) is 10.4 Å². The molecule has 4 unspecified atom stereocenters. The summed E-state index contributed by atoms with van der Waals surface area (Å²) in [6, 6.07) is -4.14. The minimum atomic E-state index is -1.04. The first kappa shape index (κ1) is 66.2. The summed E-state index contributed by atoms with van der Waals surface area (Å²) in [6.07, 6.45) is 2.49. The van der Waals surface area contributed by atoms with Gasteiger partial charge >= 0.3 is 6.03 Å². The summed E-state index contributed by atoms with van der Waals surface area (Å²) in [6.45, 7) is 14.8. The number of hydrogen-bond donors (Lipinski definition) is 8. The predicted molar refractivity (Wildman–Crippen MR) is 266 cm³/mol. The second-order valence-electron chi connectivity index (χ2n) is 16.6. The summed E-state index contributed by atoms with van der Waals surface area (Å²) in [5.74, 6) is -2.43. The lowest BCUT2D eigenvalue weighted by molar-refractivity contribution is -0.134. The Morgan fingerprint density at radius 3 is 1.61 bits per heavy atom. The van der Waals surface area contributed by atoms with E-state index in [-0.39, 0.29) is 106 Å². The molecule has 71 heavy (non-hydrogen) atoms. The van der Waals surface area contributed by atoms with Crippen molar-refractivity contribution in [2.24, 2.45) is 16.8 Å². The highest BCUT2D eigenvalue weighted by Gasteiger charge is 2.31. The van der Waals surface area contributed by atoms with Crippen LogP contribution in [0.5, 0.6) is 0 Å². The second kappa shape index (κ2) is 43.9. The van der Waals surface area contributed by atoms with Crippen LogP contribution in [0.15, 0.2) is 5.11 Å². The topological polar surface area (TPSA) is 351 Å². The fourth-order valence-corrected chi connectivity index (χ4v) is 6.92. The normalized spacial score (nSPS) is 12.7. The number of ether oxygens (including phenoxy) is 6. The van der Waals surface area contributed by atoms with Crippen molar-refractivity contribution in [2.75, 3.05) is 111 Å². The highest BCUT2D eigenvalue weighted by atomic mass is 32.2. The Morgan fingerprint density at radius 2 is 1.08 bits per heavy atom. The van der Waals surface area contributed by atoms with Crippen molar-refractivity contribution in [2.45, 2.75) is 122 Å². The zero-order valence-electron chi connectivity index (χ0n) is 42.7. The molecule has 0 saturated heterocycles. The van der Waals surface area contributed by atoms with Crippen LogP contribution in [0.3, 0.4) is 0 Å². The Balaban J connectivity index is 4.17.